The minimum Gasteiger partial charge on any atom is -0.308 e. The number of hydrogen-bond donors (Lipinski definition) is 3. The zero-order chi connectivity index (χ0) is 18.2. The van der Waals surface area contributed by atoms with Gasteiger partial charge in [-0.05, 0) is 41.3 Å². The molecule has 1 aliphatic rings. The molecule has 0 spiro atoms. The highest BCUT2D eigenvalue weighted by atomic mass is 16.2. The molecule has 2 aromatic rings. The highest BCUT2D eigenvalue weighted by Crippen LogP contribution is 2.24. The Kier molecular flexibility index (Phi) is 4.04. The van der Waals surface area contributed by atoms with Crippen molar-refractivity contribution in [1.29, 1.82) is 0 Å². The van der Waals surface area contributed by atoms with E-state index >= 15 is 0 Å². The largest absolute Gasteiger partial charge is 0.323 e. The summed E-state index contributed by atoms with van der Waals surface area (Å²) >= 11 is 0. The lowest BCUT2D eigenvalue weighted by atomic mass is 9.87. The first-order valence-electron chi connectivity index (χ1n) is 7.92. The summed E-state index contributed by atoms with van der Waals surface area (Å²) in [6.07, 6.45) is 0. The van der Waals surface area contributed by atoms with Crippen molar-refractivity contribution in [1.82, 2.24) is 5.32 Å². The van der Waals surface area contributed by atoms with Gasteiger partial charge in [-0.25, -0.2) is 4.79 Å². The second-order valence-corrected chi connectivity index (χ2v) is 6.95. The quantitative estimate of drug-likeness (QED) is 0.733. The van der Waals surface area contributed by atoms with Gasteiger partial charge in [0, 0.05) is 11.4 Å². The van der Waals surface area contributed by atoms with Crippen LogP contribution in [0.3, 0.4) is 0 Å². The molecule has 0 fully saturated rings. The molecule has 2 aromatic carbocycles. The second kappa shape index (κ2) is 6.05. The molecule has 4 amide bonds. The van der Waals surface area contributed by atoms with E-state index in [1.54, 1.807) is 6.07 Å². The van der Waals surface area contributed by atoms with Crippen molar-refractivity contribution < 1.29 is 14.4 Å². The molecule has 128 valence electrons. The minimum atomic E-state index is -0.457. The molecule has 1 heterocycles. The molecule has 3 rings (SSSR count). The smallest absolute Gasteiger partial charge is 0.308 e. The van der Waals surface area contributed by atoms with Gasteiger partial charge in [0.05, 0.1) is 11.1 Å². The number of carbonyl (C=O) groups excluding carboxylic acids is 3. The van der Waals surface area contributed by atoms with Crippen LogP contribution in [-0.2, 0) is 5.41 Å². The van der Waals surface area contributed by atoms with Crippen LogP contribution in [0.2, 0.25) is 0 Å². The van der Waals surface area contributed by atoms with E-state index in [2.05, 4.69) is 36.7 Å². The van der Waals surface area contributed by atoms with Gasteiger partial charge in [0.1, 0.15) is 0 Å². The number of carbonyl (C=O) groups is 3. The number of hydrogen-bond acceptors (Lipinski definition) is 3. The molecule has 0 aromatic heterocycles. The molecule has 3 N–H and O–H groups in total. The van der Waals surface area contributed by atoms with Gasteiger partial charge >= 0.3 is 6.03 Å². The van der Waals surface area contributed by atoms with E-state index in [9.17, 15) is 14.4 Å². The number of benzene rings is 2. The molecule has 0 unspecified atom stereocenters. The third kappa shape index (κ3) is 3.52. The van der Waals surface area contributed by atoms with E-state index in [0.29, 0.717) is 16.9 Å². The Labute approximate surface area is 145 Å². The predicted molar refractivity (Wildman–Crippen MR) is 96.0 cm³/mol. The normalized spacial score (nSPS) is 13.2. The molecule has 6 nitrogen and oxygen atoms in total. The highest BCUT2D eigenvalue weighted by Gasteiger charge is 2.26. The van der Waals surface area contributed by atoms with Crippen LogP contribution in [-0.4, -0.2) is 17.8 Å². The molecular weight excluding hydrogens is 318 g/mol. The molecule has 25 heavy (non-hydrogen) atoms. The van der Waals surface area contributed by atoms with Crippen LogP contribution in [0.15, 0.2) is 42.5 Å². The molecule has 0 radical (unpaired) electrons. The van der Waals surface area contributed by atoms with E-state index in [-0.39, 0.29) is 11.0 Å². The van der Waals surface area contributed by atoms with Gasteiger partial charge in [0.25, 0.3) is 11.8 Å². The number of fused-ring (bicyclic) bond motifs is 1. The number of imide groups is 1. The maximum atomic E-state index is 12.1. The molecule has 0 saturated carbocycles. The Morgan fingerprint density at radius 3 is 2.04 bits per heavy atom. The summed E-state index contributed by atoms with van der Waals surface area (Å²) in [5.74, 6) is -0.878. The summed E-state index contributed by atoms with van der Waals surface area (Å²) in [5.41, 5.74) is 2.90. The first-order valence-corrected chi connectivity index (χ1v) is 7.92. The Morgan fingerprint density at radius 1 is 0.840 bits per heavy atom. The number of nitrogens with one attached hydrogen (secondary N) is 3. The lowest BCUT2D eigenvalue weighted by molar-refractivity contribution is 0.0879. The summed E-state index contributed by atoms with van der Waals surface area (Å²) < 4.78 is 0. The van der Waals surface area contributed by atoms with Crippen LogP contribution in [0.4, 0.5) is 16.2 Å². The van der Waals surface area contributed by atoms with Crippen LogP contribution in [0.25, 0.3) is 0 Å². The maximum Gasteiger partial charge on any atom is 0.323 e. The standard InChI is InChI=1S/C19H19N3O3/c1-19(2,3)11-4-6-12(7-5-11)20-18(25)21-13-8-9-14-15(10-13)17(24)22-16(14)23/h4-10H,1-3H3,(H2,20,21,25)(H,22,23,24). The van der Waals surface area contributed by atoms with Gasteiger partial charge in [-0.3, -0.25) is 14.9 Å². The lowest BCUT2D eigenvalue weighted by Gasteiger charge is -2.19. The Morgan fingerprint density at radius 2 is 1.40 bits per heavy atom. The summed E-state index contributed by atoms with van der Waals surface area (Å²) in [5, 5.41) is 7.61. The molecule has 0 aliphatic carbocycles. The predicted octanol–water partition coefficient (Wildman–Crippen LogP) is 3.51. The van der Waals surface area contributed by atoms with E-state index in [4.69, 9.17) is 0 Å². The zero-order valence-electron chi connectivity index (χ0n) is 14.3. The summed E-state index contributed by atoms with van der Waals surface area (Å²) in [4.78, 5) is 35.3. The molecule has 0 atom stereocenters. The van der Waals surface area contributed by atoms with Crippen molar-refractivity contribution in [3.8, 4) is 0 Å². The maximum absolute atomic E-state index is 12.1. The number of amides is 4. The molecule has 6 heteroatoms. The molecule has 1 aliphatic heterocycles. The van der Waals surface area contributed by atoms with Gasteiger partial charge in [-0.1, -0.05) is 32.9 Å². The van der Waals surface area contributed by atoms with Gasteiger partial charge < -0.3 is 10.6 Å². The first-order chi connectivity index (χ1) is 11.7. The van der Waals surface area contributed by atoms with Crippen molar-refractivity contribution in [3.05, 3.63) is 59.2 Å². The number of anilines is 2. The monoisotopic (exact) mass is 337 g/mol. The Balaban J connectivity index is 1.68. The molecule has 0 bridgehead atoms. The number of rotatable bonds is 2. The van der Waals surface area contributed by atoms with E-state index in [1.165, 1.54) is 17.7 Å². The van der Waals surface area contributed by atoms with E-state index in [0.717, 1.165) is 0 Å². The van der Waals surface area contributed by atoms with Gasteiger partial charge in [-0.15, -0.1) is 0 Å². The lowest BCUT2D eigenvalue weighted by Crippen LogP contribution is -2.20. The Hall–Kier alpha value is -3.15. The fourth-order valence-electron chi connectivity index (χ4n) is 2.59. The summed E-state index contributed by atoms with van der Waals surface area (Å²) in [6, 6.07) is 11.8. The molecule has 0 saturated heterocycles. The summed E-state index contributed by atoms with van der Waals surface area (Å²) in [6.45, 7) is 6.37. The molecular formula is C19H19N3O3. The van der Waals surface area contributed by atoms with Crippen molar-refractivity contribution >= 4 is 29.2 Å². The van der Waals surface area contributed by atoms with Crippen LogP contribution in [0.1, 0.15) is 47.1 Å². The highest BCUT2D eigenvalue weighted by molar-refractivity contribution is 6.22. The van der Waals surface area contributed by atoms with Crippen LogP contribution < -0.4 is 16.0 Å². The van der Waals surface area contributed by atoms with E-state index < -0.39 is 17.8 Å². The van der Waals surface area contributed by atoms with E-state index in [1.807, 2.05) is 24.3 Å². The third-order valence-electron chi connectivity index (χ3n) is 4.00. The van der Waals surface area contributed by atoms with Gasteiger partial charge in [0.15, 0.2) is 0 Å². The van der Waals surface area contributed by atoms with Crippen molar-refractivity contribution in [3.63, 3.8) is 0 Å². The summed E-state index contributed by atoms with van der Waals surface area (Å²) in [7, 11) is 0. The third-order valence-corrected chi connectivity index (χ3v) is 4.00. The van der Waals surface area contributed by atoms with Crippen molar-refractivity contribution in [2.24, 2.45) is 0 Å². The average molecular weight is 337 g/mol. The van der Waals surface area contributed by atoms with Gasteiger partial charge in [-0.2, -0.15) is 0 Å². The zero-order valence-corrected chi connectivity index (χ0v) is 14.3. The van der Waals surface area contributed by atoms with Crippen LogP contribution in [0.5, 0.6) is 0 Å². The van der Waals surface area contributed by atoms with Crippen LogP contribution in [0, 0.1) is 0 Å². The fraction of sp³-hybridized carbons (Fsp3) is 0.211. The minimum absolute atomic E-state index is 0.0449. The second-order valence-electron chi connectivity index (χ2n) is 6.95. The average Bonchev–Trinajstić information content (AvgIpc) is 2.81. The van der Waals surface area contributed by atoms with Crippen molar-refractivity contribution in [2.45, 2.75) is 26.2 Å². The Bertz CT molecular complexity index is 864. The SMILES string of the molecule is CC(C)(C)c1ccc(NC(=O)Nc2ccc3c(c2)C(=O)NC3=O)cc1. The number of urea groups is 1. The first kappa shape index (κ1) is 16.7. The van der Waals surface area contributed by atoms with Crippen LogP contribution >= 0.6 is 0 Å². The van der Waals surface area contributed by atoms with Gasteiger partial charge in [0.2, 0.25) is 0 Å². The van der Waals surface area contributed by atoms with Crippen molar-refractivity contribution in [2.75, 3.05) is 10.6 Å². The fourth-order valence-corrected chi connectivity index (χ4v) is 2.59. The topological polar surface area (TPSA) is 87.3 Å².